The highest BCUT2D eigenvalue weighted by atomic mass is 16.5. The average Bonchev–Trinajstić information content (AvgIpc) is 2.35. The van der Waals surface area contributed by atoms with Crippen molar-refractivity contribution in [2.75, 3.05) is 13.7 Å². The summed E-state index contributed by atoms with van der Waals surface area (Å²) in [7, 11) is 1.59. The third-order valence-corrected chi connectivity index (χ3v) is 2.37. The highest BCUT2D eigenvalue weighted by molar-refractivity contribution is 5.40. The Morgan fingerprint density at radius 2 is 2.19 bits per heavy atom. The number of hydrogen-bond acceptors (Lipinski definition) is 3. The van der Waals surface area contributed by atoms with Crippen molar-refractivity contribution in [3.63, 3.8) is 0 Å². The molecule has 1 aromatic rings. The van der Waals surface area contributed by atoms with E-state index in [1.807, 2.05) is 13.0 Å². The van der Waals surface area contributed by atoms with Crippen LogP contribution < -0.4 is 9.47 Å². The zero-order chi connectivity index (χ0) is 12.0. The van der Waals surface area contributed by atoms with E-state index < -0.39 is 0 Å². The lowest BCUT2D eigenvalue weighted by Gasteiger charge is -2.12. The van der Waals surface area contributed by atoms with Gasteiger partial charge in [-0.15, -0.1) is 0 Å². The lowest BCUT2D eigenvalue weighted by molar-refractivity contribution is 0.267. The first-order valence-electron chi connectivity index (χ1n) is 5.28. The van der Waals surface area contributed by atoms with Gasteiger partial charge < -0.3 is 14.6 Å². The van der Waals surface area contributed by atoms with Crippen LogP contribution in [0.1, 0.15) is 18.9 Å². The molecule has 1 rings (SSSR count). The number of methoxy groups -OCH3 is 1. The van der Waals surface area contributed by atoms with E-state index >= 15 is 0 Å². The predicted octanol–water partition coefficient (Wildman–Crippen LogP) is 2.53. The lowest BCUT2D eigenvalue weighted by atomic mass is 10.2. The smallest absolute Gasteiger partial charge is 0.125 e. The van der Waals surface area contributed by atoms with E-state index in [0.29, 0.717) is 18.1 Å². The molecule has 0 aliphatic rings. The minimum atomic E-state index is -0.0644. The number of ether oxygens (including phenoxy) is 2. The van der Waals surface area contributed by atoms with E-state index in [1.165, 1.54) is 0 Å². The van der Waals surface area contributed by atoms with Crippen LogP contribution in [0.2, 0.25) is 0 Å². The van der Waals surface area contributed by atoms with Crippen LogP contribution in [0.15, 0.2) is 30.4 Å². The molecular weight excluding hydrogens is 204 g/mol. The number of hydrogen-bond donors (Lipinski definition) is 1. The molecule has 0 amide bonds. The molecule has 88 valence electrons. The van der Waals surface area contributed by atoms with Crippen molar-refractivity contribution in [3.8, 4) is 11.5 Å². The van der Waals surface area contributed by atoms with Crippen molar-refractivity contribution in [1.29, 1.82) is 0 Å². The van der Waals surface area contributed by atoms with Crippen molar-refractivity contribution >= 4 is 0 Å². The normalized spacial score (nSPS) is 9.94. The molecule has 3 nitrogen and oxygen atoms in total. The Morgan fingerprint density at radius 1 is 1.44 bits per heavy atom. The zero-order valence-corrected chi connectivity index (χ0v) is 9.82. The summed E-state index contributed by atoms with van der Waals surface area (Å²) in [6, 6.07) is 5.38. The summed E-state index contributed by atoms with van der Waals surface area (Å²) < 4.78 is 10.6. The van der Waals surface area contributed by atoms with E-state index in [9.17, 15) is 5.11 Å². The standard InChI is InChI=1S/C13H18O3/c1-4-10(2)9-16-13-6-5-12(15-3)7-11(13)8-14/h5-7,14H,2,4,8-9H2,1,3H3. The summed E-state index contributed by atoms with van der Waals surface area (Å²) >= 11 is 0. The lowest BCUT2D eigenvalue weighted by Crippen LogP contribution is -2.02. The third-order valence-electron chi connectivity index (χ3n) is 2.37. The molecule has 16 heavy (non-hydrogen) atoms. The van der Waals surface area contributed by atoms with Gasteiger partial charge in [0.1, 0.15) is 18.1 Å². The molecule has 0 fully saturated rings. The summed E-state index contributed by atoms with van der Waals surface area (Å²) in [5.41, 5.74) is 1.75. The van der Waals surface area contributed by atoms with Gasteiger partial charge in [-0.25, -0.2) is 0 Å². The zero-order valence-electron chi connectivity index (χ0n) is 9.82. The Bertz CT molecular complexity index is 358. The highest BCUT2D eigenvalue weighted by Gasteiger charge is 2.05. The fourth-order valence-electron chi connectivity index (χ4n) is 1.23. The van der Waals surface area contributed by atoms with Crippen molar-refractivity contribution in [2.45, 2.75) is 20.0 Å². The van der Waals surface area contributed by atoms with Gasteiger partial charge in [0.25, 0.3) is 0 Å². The molecule has 0 saturated heterocycles. The Kier molecular flexibility index (Phi) is 4.86. The Labute approximate surface area is 96.3 Å². The van der Waals surface area contributed by atoms with Gasteiger partial charge in [-0.05, 0) is 30.2 Å². The number of aliphatic hydroxyl groups excluding tert-OH is 1. The monoisotopic (exact) mass is 222 g/mol. The van der Waals surface area contributed by atoms with Crippen LogP contribution >= 0.6 is 0 Å². The maximum Gasteiger partial charge on any atom is 0.125 e. The van der Waals surface area contributed by atoms with E-state index in [2.05, 4.69) is 6.58 Å². The summed E-state index contributed by atoms with van der Waals surface area (Å²) in [6.07, 6.45) is 0.893. The molecule has 0 radical (unpaired) electrons. The van der Waals surface area contributed by atoms with Gasteiger partial charge in [-0.3, -0.25) is 0 Å². The Hall–Kier alpha value is -1.48. The van der Waals surface area contributed by atoms with Gasteiger partial charge in [0.2, 0.25) is 0 Å². The largest absolute Gasteiger partial charge is 0.497 e. The van der Waals surface area contributed by atoms with Crippen molar-refractivity contribution in [2.24, 2.45) is 0 Å². The highest BCUT2D eigenvalue weighted by Crippen LogP contribution is 2.24. The Balaban J connectivity index is 2.75. The second-order valence-corrected chi connectivity index (χ2v) is 3.52. The van der Waals surface area contributed by atoms with E-state index in [4.69, 9.17) is 9.47 Å². The van der Waals surface area contributed by atoms with Crippen molar-refractivity contribution < 1.29 is 14.6 Å². The second kappa shape index (κ2) is 6.18. The van der Waals surface area contributed by atoms with Crippen molar-refractivity contribution in [3.05, 3.63) is 35.9 Å². The van der Waals surface area contributed by atoms with Gasteiger partial charge in [0.15, 0.2) is 0 Å². The summed E-state index contributed by atoms with van der Waals surface area (Å²) in [6.45, 7) is 6.32. The molecule has 0 aromatic heterocycles. The molecule has 1 aromatic carbocycles. The van der Waals surface area contributed by atoms with Crippen molar-refractivity contribution in [1.82, 2.24) is 0 Å². The maximum absolute atomic E-state index is 9.20. The summed E-state index contributed by atoms with van der Waals surface area (Å²) in [4.78, 5) is 0. The molecular formula is C13H18O3. The van der Waals surface area contributed by atoms with Crippen LogP contribution in [0, 0.1) is 0 Å². The minimum Gasteiger partial charge on any atom is -0.497 e. The minimum absolute atomic E-state index is 0.0644. The fraction of sp³-hybridized carbons (Fsp3) is 0.385. The second-order valence-electron chi connectivity index (χ2n) is 3.52. The molecule has 0 saturated carbocycles. The van der Waals surface area contributed by atoms with Crippen LogP contribution in [0.25, 0.3) is 0 Å². The van der Waals surface area contributed by atoms with Crippen LogP contribution in [-0.2, 0) is 6.61 Å². The molecule has 3 heteroatoms. The summed E-state index contributed by atoms with van der Waals surface area (Å²) in [5, 5.41) is 9.20. The summed E-state index contributed by atoms with van der Waals surface area (Å²) in [5.74, 6) is 1.39. The van der Waals surface area contributed by atoms with E-state index in [1.54, 1.807) is 19.2 Å². The molecule has 0 heterocycles. The van der Waals surface area contributed by atoms with Crippen LogP contribution in [0.4, 0.5) is 0 Å². The first kappa shape index (κ1) is 12.6. The molecule has 0 spiro atoms. The SMILES string of the molecule is C=C(CC)COc1ccc(OC)cc1CO. The number of benzene rings is 1. The predicted molar refractivity (Wildman–Crippen MR) is 63.8 cm³/mol. The van der Waals surface area contributed by atoms with Crippen LogP contribution in [0.5, 0.6) is 11.5 Å². The first-order valence-corrected chi connectivity index (χ1v) is 5.28. The molecule has 0 bridgehead atoms. The average molecular weight is 222 g/mol. The topological polar surface area (TPSA) is 38.7 Å². The van der Waals surface area contributed by atoms with Gasteiger partial charge in [-0.2, -0.15) is 0 Å². The first-order chi connectivity index (χ1) is 7.71. The van der Waals surface area contributed by atoms with Crippen LogP contribution in [-0.4, -0.2) is 18.8 Å². The molecule has 1 N–H and O–H groups in total. The van der Waals surface area contributed by atoms with Gasteiger partial charge in [-0.1, -0.05) is 13.5 Å². The third kappa shape index (κ3) is 3.28. The quantitative estimate of drug-likeness (QED) is 0.752. The number of aliphatic hydroxyl groups is 1. The molecule has 0 aliphatic carbocycles. The van der Waals surface area contributed by atoms with E-state index in [-0.39, 0.29) is 6.61 Å². The molecule has 0 unspecified atom stereocenters. The number of rotatable bonds is 6. The van der Waals surface area contributed by atoms with Gasteiger partial charge in [0.05, 0.1) is 13.7 Å². The Morgan fingerprint density at radius 3 is 2.75 bits per heavy atom. The van der Waals surface area contributed by atoms with Gasteiger partial charge >= 0.3 is 0 Å². The molecule has 0 aliphatic heterocycles. The maximum atomic E-state index is 9.20. The molecule has 0 atom stereocenters. The van der Waals surface area contributed by atoms with E-state index in [0.717, 1.165) is 17.6 Å². The van der Waals surface area contributed by atoms with Gasteiger partial charge in [0, 0.05) is 5.56 Å². The van der Waals surface area contributed by atoms with Crippen LogP contribution in [0.3, 0.4) is 0 Å². The fourth-order valence-corrected chi connectivity index (χ4v) is 1.23.